The maximum absolute atomic E-state index is 5.40. The number of aryl methyl sites for hydroxylation is 2. The first kappa shape index (κ1) is 20.2. The largest absolute Gasteiger partial charge is 0.496 e. The number of hydrogen-bond donors (Lipinski definition) is 2. The molecule has 0 saturated heterocycles. The topological polar surface area (TPSA) is 76.4 Å². The van der Waals surface area contributed by atoms with Crippen LogP contribution in [0.3, 0.4) is 0 Å². The lowest BCUT2D eigenvalue weighted by Crippen LogP contribution is -2.38. The van der Waals surface area contributed by atoms with Gasteiger partial charge in [-0.25, -0.2) is 0 Å². The molecule has 0 unspecified atom stereocenters. The summed E-state index contributed by atoms with van der Waals surface area (Å²) in [6, 6.07) is 8.12. The molecule has 28 heavy (non-hydrogen) atoms. The van der Waals surface area contributed by atoms with Gasteiger partial charge in [0.1, 0.15) is 17.4 Å². The smallest absolute Gasteiger partial charge is 0.190 e. The zero-order valence-corrected chi connectivity index (χ0v) is 17.1. The monoisotopic (exact) mass is 384 g/mol. The van der Waals surface area contributed by atoms with E-state index in [0.29, 0.717) is 0 Å². The minimum absolute atomic E-state index is 0.803. The zero-order chi connectivity index (χ0) is 19.6. The molecule has 152 valence electrons. The number of benzene rings is 1. The lowest BCUT2D eigenvalue weighted by Gasteiger charge is -2.13. The van der Waals surface area contributed by atoms with Crippen LogP contribution in [0.5, 0.6) is 5.75 Å². The Balaban J connectivity index is 1.38. The van der Waals surface area contributed by atoms with Crippen LogP contribution in [0.4, 0.5) is 0 Å². The predicted molar refractivity (Wildman–Crippen MR) is 112 cm³/mol. The van der Waals surface area contributed by atoms with Gasteiger partial charge in [-0.3, -0.25) is 4.99 Å². The normalized spacial score (nSPS) is 14.3. The first-order chi connectivity index (χ1) is 13.8. The van der Waals surface area contributed by atoms with Crippen LogP contribution in [0.15, 0.2) is 29.3 Å². The number of methoxy groups -OCH3 is 1. The van der Waals surface area contributed by atoms with Crippen LogP contribution in [0.25, 0.3) is 0 Å². The Morgan fingerprint density at radius 2 is 1.96 bits per heavy atom. The number of aliphatic imine (C=N–C) groups is 1. The van der Waals surface area contributed by atoms with Crippen molar-refractivity contribution in [2.45, 2.75) is 51.5 Å². The van der Waals surface area contributed by atoms with Crippen molar-refractivity contribution in [3.63, 3.8) is 0 Å². The van der Waals surface area contributed by atoms with E-state index in [4.69, 9.17) is 4.74 Å². The Morgan fingerprint density at radius 1 is 1.11 bits per heavy atom. The van der Waals surface area contributed by atoms with E-state index in [9.17, 15) is 0 Å². The molecule has 3 rings (SSSR count). The number of hydrogen-bond acceptors (Lipinski definition) is 4. The van der Waals surface area contributed by atoms with Gasteiger partial charge in [0.2, 0.25) is 0 Å². The summed E-state index contributed by atoms with van der Waals surface area (Å²) < 4.78 is 7.73. The van der Waals surface area contributed by atoms with Crippen molar-refractivity contribution in [2.75, 3.05) is 27.2 Å². The second kappa shape index (κ2) is 10.7. The molecule has 0 aliphatic carbocycles. The molecule has 1 aliphatic rings. The van der Waals surface area contributed by atoms with Gasteiger partial charge in [-0.1, -0.05) is 24.6 Å². The van der Waals surface area contributed by atoms with Crippen molar-refractivity contribution in [3.05, 3.63) is 41.5 Å². The predicted octanol–water partition coefficient (Wildman–Crippen LogP) is 2.35. The molecule has 7 nitrogen and oxygen atoms in total. The molecule has 0 spiro atoms. The highest BCUT2D eigenvalue weighted by Crippen LogP contribution is 2.17. The summed E-state index contributed by atoms with van der Waals surface area (Å²) in [5, 5.41) is 15.5. The van der Waals surface area contributed by atoms with Gasteiger partial charge >= 0.3 is 0 Å². The van der Waals surface area contributed by atoms with Gasteiger partial charge in [0.15, 0.2) is 5.96 Å². The molecule has 2 aromatic rings. The Labute approximate surface area is 167 Å². The molecule has 7 heteroatoms. The van der Waals surface area contributed by atoms with Gasteiger partial charge in [-0.05, 0) is 37.3 Å². The third-order valence-corrected chi connectivity index (χ3v) is 5.16. The van der Waals surface area contributed by atoms with Crippen LogP contribution >= 0.6 is 0 Å². The lowest BCUT2D eigenvalue weighted by molar-refractivity contribution is 0.409. The second-order valence-electron chi connectivity index (χ2n) is 7.09. The van der Waals surface area contributed by atoms with Crippen LogP contribution in [0.2, 0.25) is 0 Å². The maximum Gasteiger partial charge on any atom is 0.190 e. The van der Waals surface area contributed by atoms with Crippen molar-refractivity contribution in [2.24, 2.45) is 4.99 Å². The fourth-order valence-electron chi connectivity index (χ4n) is 3.63. The fourth-order valence-corrected chi connectivity index (χ4v) is 3.63. The summed E-state index contributed by atoms with van der Waals surface area (Å²) in [5.41, 5.74) is 1.19. The molecule has 1 aromatic carbocycles. The number of para-hydroxylation sites is 1. The van der Waals surface area contributed by atoms with Crippen molar-refractivity contribution in [3.8, 4) is 5.75 Å². The van der Waals surface area contributed by atoms with E-state index in [-0.39, 0.29) is 0 Å². The van der Waals surface area contributed by atoms with Gasteiger partial charge in [-0.15, -0.1) is 10.2 Å². The number of nitrogens with one attached hydrogen (secondary N) is 2. The van der Waals surface area contributed by atoms with E-state index in [0.717, 1.165) is 68.7 Å². The summed E-state index contributed by atoms with van der Waals surface area (Å²) in [6.45, 7) is 2.73. The van der Waals surface area contributed by atoms with E-state index < -0.39 is 0 Å². The Morgan fingerprint density at radius 3 is 2.82 bits per heavy atom. The summed E-state index contributed by atoms with van der Waals surface area (Å²) in [6.07, 6.45) is 7.66. The molecule has 1 aliphatic heterocycles. The lowest BCUT2D eigenvalue weighted by atomic mass is 10.1. The number of aromatic nitrogens is 3. The highest BCUT2D eigenvalue weighted by Gasteiger charge is 2.14. The molecule has 0 radical (unpaired) electrons. The maximum atomic E-state index is 5.40. The van der Waals surface area contributed by atoms with Crippen molar-refractivity contribution in [1.82, 2.24) is 25.4 Å². The highest BCUT2D eigenvalue weighted by molar-refractivity contribution is 5.79. The van der Waals surface area contributed by atoms with E-state index in [1.807, 2.05) is 18.2 Å². The van der Waals surface area contributed by atoms with Crippen LogP contribution in [-0.4, -0.2) is 48.0 Å². The summed E-state index contributed by atoms with van der Waals surface area (Å²) in [5.74, 6) is 4.04. The molecule has 2 N–H and O–H groups in total. The Hall–Kier alpha value is -2.57. The minimum atomic E-state index is 0.803. The second-order valence-corrected chi connectivity index (χ2v) is 7.09. The number of guanidine groups is 1. The van der Waals surface area contributed by atoms with Crippen LogP contribution in [0, 0.1) is 0 Å². The molecule has 0 bridgehead atoms. The quantitative estimate of drug-likeness (QED) is 0.415. The summed E-state index contributed by atoms with van der Waals surface area (Å²) >= 11 is 0. The van der Waals surface area contributed by atoms with Gasteiger partial charge in [-0.2, -0.15) is 0 Å². The first-order valence-corrected chi connectivity index (χ1v) is 10.3. The number of ether oxygens (including phenoxy) is 1. The molecular weight excluding hydrogens is 352 g/mol. The third-order valence-electron chi connectivity index (χ3n) is 5.16. The van der Waals surface area contributed by atoms with E-state index in [2.05, 4.69) is 36.5 Å². The molecule has 0 fully saturated rings. The van der Waals surface area contributed by atoms with Crippen molar-refractivity contribution < 1.29 is 4.74 Å². The number of nitrogens with zero attached hydrogens (tertiary/aromatic N) is 4. The standard InChI is InChI=1S/C21H32N6O/c1-22-21(24-15-13-17-9-5-6-10-18(17)28-2)23-14-8-12-20-26-25-19-11-4-3-7-16-27(19)20/h5-6,9-10H,3-4,7-8,11-16H2,1-2H3,(H2,22,23,24). The van der Waals surface area contributed by atoms with Crippen molar-refractivity contribution >= 4 is 5.96 Å². The van der Waals surface area contributed by atoms with E-state index in [1.54, 1.807) is 14.2 Å². The van der Waals surface area contributed by atoms with Gasteiger partial charge < -0.3 is 19.9 Å². The van der Waals surface area contributed by atoms with Gasteiger partial charge in [0.25, 0.3) is 0 Å². The molecule has 0 saturated carbocycles. The average Bonchev–Trinajstić information content (AvgIpc) is 2.95. The Kier molecular flexibility index (Phi) is 7.70. The fraction of sp³-hybridized carbons (Fsp3) is 0.571. The first-order valence-electron chi connectivity index (χ1n) is 10.3. The molecule has 1 aromatic heterocycles. The third kappa shape index (κ3) is 5.47. The van der Waals surface area contributed by atoms with Gasteiger partial charge in [0.05, 0.1) is 7.11 Å². The SMILES string of the molecule is CN=C(NCCCc1nnc2n1CCCCC2)NCCc1ccccc1OC. The molecule has 0 amide bonds. The average molecular weight is 385 g/mol. The van der Waals surface area contributed by atoms with E-state index >= 15 is 0 Å². The summed E-state index contributed by atoms with van der Waals surface area (Å²) in [4.78, 5) is 4.31. The number of rotatable bonds is 8. The molecular formula is C21H32N6O. The van der Waals surface area contributed by atoms with Gasteiger partial charge in [0, 0.05) is 39.5 Å². The van der Waals surface area contributed by atoms with Crippen LogP contribution < -0.4 is 15.4 Å². The van der Waals surface area contributed by atoms with Crippen LogP contribution in [0.1, 0.15) is 42.9 Å². The molecule has 0 atom stereocenters. The highest BCUT2D eigenvalue weighted by atomic mass is 16.5. The van der Waals surface area contributed by atoms with Crippen LogP contribution in [-0.2, 0) is 25.8 Å². The molecule has 2 heterocycles. The number of fused-ring (bicyclic) bond motifs is 1. The van der Waals surface area contributed by atoms with Crippen molar-refractivity contribution in [1.29, 1.82) is 0 Å². The van der Waals surface area contributed by atoms with E-state index in [1.165, 1.54) is 24.8 Å². The zero-order valence-electron chi connectivity index (χ0n) is 17.1. The minimum Gasteiger partial charge on any atom is -0.496 e. The summed E-state index contributed by atoms with van der Waals surface area (Å²) in [7, 11) is 3.51. The Bertz CT molecular complexity index is 770.